The van der Waals surface area contributed by atoms with E-state index in [9.17, 15) is 9.59 Å². The van der Waals surface area contributed by atoms with Crippen LogP contribution in [0.4, 0.5) is 0 Å². The highest BCUT2D eigenvalue weighted by Crippen LogP contribution is 1.98. The van der Waals surface area contributed by atoms with Crippen molar-refractivity contribution in [2.24, 2.45) is 7.05 Å². The summed E-state index contributed by atoms with van der Waals surface area (Å²) < 4.78 is 1.66. The van der Waals surface area contributed by atoms with Crippen LogP contribution in [0.25, 0.3) is 6.08 Å². The first-order valence-electron chi connectivity index (χ1n) is 5.74. The van der Waals surface area contributed by atoms with Crippen LogP contribution in [-0.2, 0) is 16.6 Å². The Morgan fingerprint density at radius 3 is 2.89 bits per heavy atom. The Morgan fingerprint density at radius 2 is 2.28 bits per heavy atom. The van der Waals surface area contributed by atoms with Crippen molar-refractivity contribution in [3.63, 3.8) is 0 Å². The Hall–Kier alpha value is -2.11. The summed E-state index contributed by atoms with van der Waals surface area (Å²) in [5.74, 6) is -0.994. The molecule has 1 rings (SSSR count). The van der Waals surface area contributed by atoms with E-state index in [1.807, 2.05) is 0 Å². The molecule has 1 heterocycles. The highest BCUT2D eigenvalue weighted by molar-refractivity contribution is 5.91. The molecular weight excluding hydrogens is 234 g/mol. The molecule has 0 unspecified atom stereocenters. The van der Waals surface area contributed by atoms with E-state index in [4.69, 9.17) is 5.11 Å². The monoisotopic (exact) mass is 251 g/mol. The average Bonchev–Trinajstić information content (AvgIpc) is 2.71. The molecule has 6 nitrogen and oxygen atoms in total. The van der Waals surface area contributed by atoms with Crippen molar-refractivity contribution in [1.82, 2.24) is 15.1 Å². The first-order valence-corrected chi connectivity index (χ1v) is 5.74. The fourth-order valence-corrected chi connectivity index (χ4v) is 1.37. The summed E-state index contributed by atoms with van der Waals surface area (Å²) in [5.41, 5.74) is 0.860. The third-order valence-corrected chi connectivity index (χ3v) is 2.27. The lowest BCUT2D eigenvalue weighted by Gasteiger charge is -2.00. The van der Waals surface area contributed by atoms with E-state index in [-0.39, 0.29) is 12.3 Å². The van der Waals surface area contributed by atoms with Crippen LogP contribution < -0.4 is 5.32 Å². The lowest BCUT2D eigenvalue weighted by atomic mass is 10.2. The number of carboxylic acid groups (broad SMARTS) is 1. The number of nitrogens with zero attached hydrogens (tertiary/aromatic N) is 2. The number of aliphatic carboxylic acids is 1. The zero-order valence-corrected chi connectivity index (χ0v) is 10.3. The fraction of sp³-hybridized carbons (Fsp3) is 0.417. The van der Waals surface area contributed by atoms with E-state index in [1.54, 1.807) is 30.2 Å². The van der Waals surface area contributed by atoms with E-state index in [0.717, 1.165) is 5.56 Å². The summed E-state index contributed by atoms with van der Waals surface area (Å²) in [6.45, 7) is 0.490. The van der Waals surface area contributed by atoms with Crippen LogP contribution in [0.2, 0.25) is 0 Å². The molecule has 0 aliphatic rings. The van der Waals surface area contributed by atoms with Crippen LogP contribution in [0.15, 0.2) is 18.5 Å². The summed E-state index contributed by atoms with van der Waals surface area (Å²) in [4.78, 5) is 21.6. The molecule has 0 fully saturated rings. The lowest BCUT2D eigenvalue weighted by molar-refractivity contribution is -0.137. The average molecular weight is 251 g/mol. The smallest absolute Gasteiger partial charge is 0.303 e. The van der Waals surface area contributed by atoms with E-state index >= 15 is 0 Å². The highest BCUT2D eigenvalue weighted by atomic mass is 16.4. The van der Waals surface area contributed by atoms with Gasteiger partial charge in [-0.3, -0.25) is 14.3 Å². The summed E-state index contributed by atoms with van der Waals surface area (Å²) in [6, 6.07) is 0. The van der Waals surface area contributed by atoms with Crippen molar-refractivity contribution < 1.29 is 14.7 Å². The molecule has 0 aromatic carbocycles. The predicted molar refractivity (Wildman–Crippen MR) is 66.7 cm³/mol. The van der Waals surface area contributed by atoms with Gasteiger partial charge in [0.15, 0.2) is 0 Å². The van der Waals surface area contributed by atoms with Gasteiger partial charge in [-0.05, 0) is 18.9 Å². The van der Waals surface area contributed by atoms with Crippen molar-refractivity contribution in [3.8, 4) is 0 Å². The van der Waals surface area contributed by atoms with Crippen LogP contribution in [0.5, 0.6) is 0 Å². The lowest BCUT2D eigenvalue weighted by Crippen LogP contribution is -2.22. The molecule has 0 aliphatic carbocycles. The largest absolute Gasteiger partial charge is 0.481 e. The highest BCUT2D eigenvalue weighted by Gasteiger charge is 1.98. The Balaban J connectivity index is 2.17. The number of nitrogens with one attached hydrogen (secondary N) is 1. The summed E-state index contributed by atoms with van der Waals surface area (Å²) >= 11 is 0. The van der Waals surface area contributed by atoms with Gasteiger partial charge in [-0.1, -0.05) is 0 Å². The van der Waals surface area contributed by atoms with E-state index in [0.29, 0.717) is 19.4 Å². The van der Waals surface area contributed by atoms with Gasteiger partial charge in [-0.25, -0.2) is 0 Å². The first kappa shape index (κ1) is 14.0. The number of aromatic nitrogens is 2. The zero-order valence-electron chi connectivity index (χ0n) is 10.3. The number of carbonyl (C=O) groups excluding carboxylic acids is 1. The molecule has 1 aromatic rings. The number of rotatable bonds is 7. The Kier molecular flexibility index (Phi) is 5.63. The first-order chi connectivity index (χ1) is 8.58. The molecular formula is C12H17N3O3. The maximum Gasteiger partial charge on any atom is 0.303 e. The Labute approximate surface area is 105 Å². The normalized spacial score (nSPS) is 10.7. The molecule has 0 bridgehead atoms. The Morgan fingerprint density at radius 1 is 1.50 bits per heavy atom. The van der Waals surface area contributed by atoms with Gasteiger partial charge in [-0.15, -0.1) is 0 Å². The van der Waals surface area contributed by atoms with Crippen molar-refractivity contribution in [2.75, 3.05) is 6.54 Å². The quantitative estimate of drug-likeness (QED) is 0.554. The molecule has 98 valence electrons. The predicted octanol–water partition coefficient (Wildman–Crippen LogP) is 0.804. The van der Waals surface area contributed by atoms with Gasteiger partial charge in [-0.2, -0.15) is 5.10 Å². The van der Waals surface area contributed by atoms with Crippen molar-refractivity contribution in [1.29, 1.82) is 0 Å². The van der Waals surface area contributed by atoms with Gasteiger partial charge >= 0.3 is 5.97 Å². The third kappa shape index (κ3) is 5.83. The van der Waals surface area contributed by atoms with E-state index < -0.39 is 5.97 Å². The second kappa shape index (κ2) is 7.26. The van der Waals surface area contributed by atoms with Crippen molar-refractivity contribution in [3.05, 3.63) is 24.0 Å². The fourth-order valence-electron chi connectivity index (χ4n) is 1.37. The van der Waals surface area contributed by atoms with Crippen LogP contribution in [0.3, 0.4) is 0 Å². The molecule has 1 aromatic heterocycles. The van der Waals surface area contributed by atoms with Crippen LogP contribution >= 0.6 is 0 Å². The number of carboxylic acids is 1. The second-order valence-corrected chi connectivity index (χ2v) is 3.92. The molecule has 0 saturated heterocycles. The number of carbonyl (C=O) groups is 2. The molecule has 0 saturated carbocycles. The topological polar surface area (TPSA) is 84.2 Å². The van der Waals surface area contributed by atoms with Crippen molar-refractivity contribution in [2.45, 2.75) is 19.3 Å². The van der Waals surface area contributed by atoms with E-state index in [2.05, 4.69) is 10.4 Å². The van der Waals surface area contributed by atoms with Crippen LogP contribution in [0.1, 0.15) is 24.8 Å². The molecule has 2 N–H and O–H groups in total. The summed E-state index contributed by atoms with van der Waals surface area (Å²) in [5, 5.41) is 15.1. The maximum absolute atomic E-state index is 11.4. The summed E-state index contributed by atoms with van der Waals surface area (Å²) in [7, 11) is 1.81. The van der Waals surface area contributed by atoms with Gasteiger partial charge in [0.05, 0.1) is 6.20 Å². The molecule has 18 heavy (non-hydrogen) atoms. The zero-order chi connectivity index (χ0) is 13.4. The minimum Gasteiger partial charge on any atom is -0.481 e. The summed E-state index contributed by atoms with van der Waals surface area (Å²) in [6.07, 6.45) is 7.96. The number of hydrogen-bond donors (Lipinski definition) is 2. The van der Waals surface area contributed by atoms with Gasteiger partial charge in [0.2, 0.25) is 5.91 Å². The molecule has 0 spiro atoms. The Bertz CT molecular complexity index is 438. The number of amides is 1. The molecule has 0 aliphatic heterocycles. The van der Waals surface area contributed by atoms with Crippen LogP contribution in [0, 0.1) is 0 Å². The maximum atomic E-state index is 11.4. The van der Waals surface area contributed by atoms with E-state index in [1.165, 1.54) is 6.08 Å². The SMILES string of the molecule is Cn1cc(C=CC(=O)NCCCCC(=O)O)cn1. The van der Waals surface area contributed by atoms with Gasteiger partial charge in [0, 0.05) is 37.8 Å². The van der Waals surface area contributed by atoms with Gasteiger partial charge in [0.1, 0.15) is 0 Å². The van der Waals surface area contributed by atoms with Gasteiger partial charge in [0.25, 0.3) is 0 Å². The van der Waals surface area contributed by atoms with Crippen molar-refractivity contribution >= 4 is 18.0 Å². The second-order valence-electron chi connectivity index (χ2n) is 3.92. The molecule has 0 atom stereocenters. The molecule has 1 amide bonds. The van der Waals surface area contributed by atoms with Crippen LogP contribution in [-0.4, -0.2) is 33.3 Å². The molecule has 0 radical (unpaired) electrons. The standard InChI is InChI=1S/C12H17N3O3/c1-15-9-10(8-14-15)5-6-11(16)13-7-3-2-4-12(17)18/h5-6,8-9H,2-4,7H2,1H3,(H,13,16)(H,17,18). The third-order valence-electron chi connectivity index (χ3n) is 2.27. The van der Waals surface area contributed by atoms with Gasteiger partial charge < -0.3 is 10.4 Å². The number of aryl methyl sites for hydroxylation is 1. The number of unbranched alkanes of at least 4 members (excludes halogenated alkanes) is 1. The minimum absolute atomic E-state index is 0.140. The number of hydrogen-bond acceptors (Lipinski definition) is 3. The minimum atomic E-state index is -0.808. The molecule has 6 heteroatoms.